The highest BCUT2D eigenvalue weighted by atomic mass is 127. The maximum atomic E-state index is 6.06. The molecular formula is C17H30IN3O2. The molecule has 4 heterocycles. The van der Waals surface area contributed by atoms with Crippen LogP contribution in [0.1, 0.15) is 32.1 Å². The molecule has 0 amide bonds. The van der Waals surface area contributed by atoms with Gasteiger partial charge in [0.15, 0.2) is 5.96 Å². The Balaban J connectivity index is 0.00000156. The Bertz CT molecular complexity index is 410. The van der Waals surface area contributed by atoms with Gasteiger partial charge in [0.1, 0.15) is 0 Å². The number of hydrogen-bond donors (Lipinski definition) is 1. The zero-order chi connectivity index (χ0) is 14.9. The number of rotatable bonds is 3. The van der Waals surface area contributed by atoms with Crippen molar-refractivity contribution in [1.82, 2.24) is 10.2 Å². The van der Waals surface area contributed by atoms with Crippen LogP contribution in [0.25, 0.3) is 0 Å². The molecule has 23 heavy (non-hydrogen) atoms. The molecule has 4 aliphatic rings. The molecular weight excluding hydrogens is 405 g/mol. The van der Waals surface area contributed by atoms with E-state index in [1.54, 1.807) is 0 Å². The van der Waals surface area contributed by atoms with Gasteiger partial charge in [-0.1, -0.05) is 0 Å². The summed E-state index contributed by atoms with van der Waals surface area (Å²) in [4.78, 5) is 6.98. The summed E-state index contributed by atoms with van der Waals surface area (Å²) < 4.78 is 11.5. The van der Waals surface area contributed by atoms with Crippen LogP contribution in [0.15, 0.2) is 4.99 Å². The highest BCUT2D eigenvalue weighted by Crippen LogP contribution is 2.47. The molecule has 4 saturated heterocycles. The standard InChI is InChI=1S/C17H29N3O2.HI/c1-18-17(19-7-4-12-5-8-21-9-6-12)20-10-13-14(11-20)16-3-2-15(13)22-16;/h12-16H,2-11H2,1H3,(H,18,19);1H. The molecule has 6 heteroatoms. The normalized spacial score (nSPS) is 36.9. The van der Waals surface area contributed by atoms with E-state index in [1.165, 1.54) is 32.1 Å². The monoisotopic (exact) mass is 435 g/mol. The molecule has 0 spiro atoms. The lowest BCUT2D eigenvalue weighted by Crippen LogP contribution is -2.42. The number of likely N-dealkylation sites (tertiary alicyclic amines) is 1. The molecule has 0 aromatic rings. The third-order valence-corrected chi connectivity index (χ3v) is 6.14. The van der Waals surface area contributed by atoms with Crippen LogP contribution in [0.5, 0.6) is 0 Å². The van der Waals surface area contributed by atoms with Crippen molar-refractivity contribution in [1.29, 1.82) is 0 Å². The van der Waals surface area contributed by atoms with Gasteiger partial charge in [0.25, 0.3) is 0 Å². The number of hydrogen-bond acceptors (Lipinski definition) is 3. The first-order valence-electron chi connectivity index (χ1n) is 9.04. The van der Waals surface area contributed by atoms with E-state index in [2.05, 4.69) is 15.2 Å². The number of nitrogens with zero attached hydrogens (tertiary/aromatic N) is 2. The zero-order valence-electron chi connectivity index (χ0n) is 14.1. The van der Waals surface area contributed by atoms with Crippen molar-refractivity contribution in [2.45, 2.75) is 44.3 Å². The van der Waals surface area contributed by atoms with Crippen molar-refractivity contribution in [3.8, 4) is 0 Å². The van der Waals surface area contributed by atoms with Crippen molar-refractivity contribution in [3.63, 3.8) is 0 Å². The van der Waals surface area contributed by atoms with Gasteiger partial charge in [-0.25, -0.2) is 0 Å². The first-order valence-corrected chi connectivity index (χ1v) is 9.04. The van der Waals surface area contributed by atoms with Crippen molar-refractivity contribution in [2.75, 3.05) is 39.9 Å². The summed E-state index contributed by atoms with van der Waals surface area (Å²) in [6, 6.07) is 0. The topological polar surface area (TPSA) is 46.1 Å². The first-order chi connectivity index (χ1) is 10.8. The van der Waals surface area contributed by atoms with E-state index in [9.17, 15) is 0 Å². The van der Waals surface area contributed by atoms with E-state index in [0.29, 0.717) is 12.2 Å². The largest absolute Gasteiger partial charge is 0.381 e. The van der Waals surface area contributed by atoms with E-state index < -0.39 is 0 Å². The number of guanidine groups is 1. The maximum absolute atomic E-state index is 6.06. The van der Waals surface area contributed by atoms with Gasteiger partial charge in [-0.05, 0) is 38.0 Å². The number of halogens is 1. The van der Waals surface area contributed by atoms with Gasteiger partial charge in [0.2, 0.25) is 0 Å². The summed E-state index contributed by atoms with van der Waals surface area (Å²) in [6.07, 6.45) is 7.27. The lowest BCUT2D eigenvalue weighted by molar-refractivity contribution is 0.0642. The predicted molar refractivity (Wildman–Crippen MR) is 101 cm³/mol. The first kappa shape index (κ1) is 17.7. The van der Waals surface area contributed by atoms with Crippen LogP contribution in [0.3, 0.4) is 0 Å². The predicted octanol–water partition coefficient (Wildman–Crippen LogP) is 2.11. The van der Waals surface area contributed by atoms with Crippen LogP contribution in [-0.2, 0) is 9.47 Å². The molecule has 4 atom stereocenters. The minimum absolute atomic E-state index is 0. The molecule has 0 aromatic heterocycles. The Morgan fingerprint density at radius 2 is 1.74 bits per heavy atom. The van der Waals surface area contributed by atoms with Crippen LogP contribution in [0, 0.1) is 17.8 Å². The molecule has 4 unspecified atom stereocenters. The average Bonchev–Trinajstić information content (AvgIpc) is 3.25. The van der Waals surface area contributed by atoms with Gasteiger partial charge >= 0.3 is 0 Å². The SMILES string of the molecule is CN=C(NCCC1CCOCC1)N1CC2C3CCC(O3)C2C1.I. The van der Waals surface area contributed by atoms with Crippen molar-refractivity contribution >= 4 is 29.9 Å². The van der Waals surface area contributed by atoms with Crippen LogP contribution >= 0.6 is 24.0 Å². The Morgan fingerprint density at radius 1 is 1.09 bits per heavy atom. The molecule has 132 valence electrons. The zero-order valence-corrected chi connectivity index (χ0v) is 16.4. The highest BCUT2D eigenvalue weighted by molar-refractivity contribution is 14.0. The van der Waals surface area contributed by atoms with Gasteiger partial charge in [-0.3, -0.25) is 4.99 Å². The Hall–Kier alpha value is -0.0800. The Morgan fingerprint density at radius 3 is 2.35 bits per heavy atom. The lowest BCUT2D eigenvalue weighted by atomic mass is 9.82. The second-order valence-electron chi connectivity index (χ2n) is 7.34. The fourth-order valence-corrected chi connectivity index (χ4v) is 4.89. The summed E-state index contributed by atoms with van der Waals surface area (Å²) in [5.74, 6) is 3.41. The van der Waals surface area contributed by atoms with Gasteiger partial charge in [0.05, 0.1) is 12.2 Å². The molecule has 0 saturated carbocycles. The second-order valence-corrected chi connectivity index (χ2v) is 7.34. The summed E-state index contributed by atoms with van der Waals surface area (Å²) >= 11 is 0. The number of ether oxygens (including phenoxy) is 2. The highest BCUT2D eigenvalue weighted by Gasteiger charge is 2.53. The molecule has 2 bridgehead atoms. The van der Waals surface area contributed by atoms with Gasteiger partial charge in [0, 0.05) is 51.7 Å². The maximum Gasteiger partial charge on any atom is 0.193 e. The lowest BCUT2D eigenvalue weighted by Gasteiger charge is -2.25. The summed E-state index contributed by atoms with van der Waals surface area (Å²) in [5.41, 5.74) is 0. The number of fused-ring (bicyclic) bond motifs is 5. The number of nitrogens with one attached hydrogen (secondary N) is 1. The fraction of sp³-hybridized carbons (Fsp3) is 0.941. The second kappa shape index (κ2) is 7.87. The molecule has 5 nitrogen and oxygen atoms in total. The summed E-state index contributed by atoms with van der Waals surface area (Å²) in [7, 11) is 1.91. The van der Waals surface area contributed by atoms with Gasteiger partial charge < -0.3 is 19.7 Å². The molecule has 0 aromatic carbocycles. The van der Waals surface area contributed by atoms with E-state index in [-0.39, 0.29) is 24.0 Å². The molecule has 1 N–H and O–H groups in total. The smallest absolute Gasteiger partial charge is 0.193 e. The van der Waals surface area contributed by atoms with Crippen LogP contribution in [0.2, 0.25) is 0 Å². The Kier molecular flexibility index (Phi) is 6.07. The van der Waals surface area contributed by atoms with Crippen LogP contribution in [-0.4, -0.2) is 63.0 Å². The quantitative estimate of drug-likeness (QED) is 0.419. The van der Waals surface area contributed by atoms with E-state index in [4.69, 9.17) is 9.47 Å². The van der Waals surface area contributed by atoms with E-state index in [1.807, 2.05) is 7.05 Å². The summed E-state index contributed by atoms with van der Waals surface area (Å²) in [6.45, 7) is 5.17. The molecule has 0 aliphatic carbocycles. The molecule has 4 rings (SSSR count). The fourth-order valence-electron chi connectivity index (χ4n) is 4.89. The van der Waals surface area contributed by atoms with E-state index >= 15 is 0 Å². The molecule has 0 radical (unpaired) electrons. The van der Waals surface area contributed by atoms with Gasteiger partial charge in [-0.15, -0.1) is 24.0 Å². The van der Waals surface area contributed by atoms with Crippen LogP contribution in [0.4, 0.5) is 0 Å². The van der Waals surface area contributed by atoms with E-state index in [0.717, 1.165) is 56.6 Å². The molecule has 4 fully saturated rings. The van der Waals surface area contributed by atoms with Gasteiger partial charge in [-0.2, -0.15) is 0 Å². The minimum Gasteiger partial charge on any atom is -0.381 e. The minimum atomic E-state index is 0. The third kappa shape index (κ3) is 3.63. The number of aliphatic imine (C=N–C) groups is 1. The van der Waals surface area contributed by atoms with Crippen molar-refractivity contribution < 1.29 is 9.47 Å². The summed E-state index contributed by atoms with van der Waals surface area (Å²) in [5, 5.41) is 3.59. The average molecular weight is 435 g/mol. The van der Waals surface area contributed by atoms with Crippen LogP contribution < -0.4 is 5.32 Å². The third-order valence-electron chi connectivity index (χ3n) is 6.14. The van der Waals surface area contributed by atoms with Crippen molar-refractivity contribution in [2.24, 2.45) is 22.7 Å². The Labute approximate surface area is 156 Å². The molecule has 4 aliphatic heterocycles. The van der Waals surface area contributed by atoms with Crippen molar-refractivity contribution in [3.05, 3.63) is 0 Å².